The van der Waals surface area contributed by atoms with Gasteiger partial charge < -0.3 is 9.84 Å². The molecule has 0 fully saturated rings. The third kappa shape index (κ3) is 4.73. The average Bonchev–Trinajstić information content (AvgIpc) is 2.30. The van der Waals surface area contributed by atoms with Crippen molar-refractivity contribution < 1.29 is 9.84 Å². The average molecular weight is 223 g/mol. The van der Waals surface area contributed by atoms with Crippen LogP contribution >= 0.6 is 0 Å². The molecule has 1 aromatic rings. The van der Waals surface area contributed by atoms with Gasteiger partial charge in [0.1, 0.15) is 0 Å². The third-order valence-corrected chi connectivity index (χ3v) is 2.54. The second-order valence-electron chi connectivity index (χ2n) is 3.85. The summed E-state index contributed by atoms with van der Waals surface area (Å²) in [6.45, 7) is 5.38. The van der Waals surface area contributed by atoms with Crippen LogP contribution in [0.2, 0.25) is 0 Å². The van der Waals surface area contributed by atoms with Crippen LogP contribution in [0.3, 0.4) is 0 Å². The maximum Gasteiger partial charge on any atom is 0.0617 e. The number of ether oxygens (including phenoxy) is 1. The largest absolute Gasteiger partial charge is 0.393 e. The first-order chi connectivity index (χ1) is 7.76. The van der Waals surface area contributed by atoms with Gasteiger partial charge >= 0.3 is 0 Å². The predicted molar refractivity (Wildman–Crippen MR) is 64.4 cm³/mol. The smallest absolute Gasteiger partial charge is 0.0617 e. The number of aliphatic hydroxyl groups excluding tert-OH is 1. The van der Waals surface area contributed by atoms with Gasteiger partial charge in [-0.05, 0) is 31.4 Å². The number of hydrogen-bond donors (Lipinski definition) is 1. The van der Waals surface area contributed by atoms with Crippen LogP contribution in [0.25, 0.3) is 0 Å². The number of aromatic nitrogens is 1. The maximum atomic E-state index is 9.74. The van der Waals surface area contributed by atoms with Crippen molar-refractivity contribution >= 4 is 0 Å². The molecule has 1 atom stereocenters. The molecular formula is C13H21NO2. The molecule has 0 aliphatic carbocycles. The molecule has 3 nitrogen and oxygen atoms in total. The third-order valence-electron chi connectivity index (χ3n) is 2.54. The normalized spacial score (nSPS) is 12.7. The van der Waals surface area contributed by atoms with Gasteiger partial charge in [0.2, 0.25) is 0 Å². The van der Waals surface area contributed by atoms with Crippen LogP contribution in [0.15, 0.2) is 18.3 Å². The van der Waals surface area contributed by atoms with E-state index in [1.54, 1.807) is 0 Å². The number of pyridine rings is 1. The number of aliphatic hydroxyl groups is 1. The van der Waals surface area contributed by atoms with Gasteiger partial charge in [-0.25, -0.2) is 0 Å². The Labute approximate surface area is 97.5 Å². The molecule has 0 radical (unpaired) electrons. The molecule has 0 saturated carbocycles. The van der Waals surface area contributed by atoms with E-state index < -0.39 is 0 Å². The van der Waals surface area contributed by atoms with Crippen LogP contribution in [-0.2, 0) is 17.6 Å². The van der Waals surface area contributed by atoms with Crippen molar-refractivity contribution in [1.29, 1.82) is 0 Å². The highest BCUT2D eigenvalue weighted by atomic mass is 16.5. The van der Waals surface area contributed by atoms with Gasteiger partial charge in [-0.15, -0.1) is 0 Å². The van der Waals surface area contributed by atoms with E-state index in [1.807, 2.05) is 19.2 Å². The number of aryl methyl sites for hydroxylation is 1. The molecule has 1 N–H and O–H groups in total. The monoisotopic (exact) mass is 223 g/mol. The Hall–Kier alpha value is -0.930. The van der Waals surface area contributed by atoms with Crippen molar-refractivity contribution in [3.63, 3.8) is 0 Å². The van der Waals surface area contributed by atoms with Gasteiger partial charge in [-0.1, -0.05) is 13.0 Å². The molecule has 0 aliphatic heterocycles. The number of nitrogens with zero attached hydrogens (tertiary/aromatic N) is 1. The van der Waals surface area contributed by atoms with Crippen molar-refractivity contribution in [3.05, 3.63) is 29.6 Å². The molecule has 0 spiro atoms. The second kappa shape index (κ2) is 7.36. The maximum absolute atomic E-state index is 9.74. The molecule has 1 unspecified atom stereocenters. The van der Waals surface area contributed by atoms with Gasteiger partial charge in [-0.2, -0.15) is 0 Å². The Kier molecular flexibility index (Phi) is 6.04. The Bertz CT molecular complexity index is 284. The molecular weight excluding hydrogens is 202 g/mol. The van der Waals surface area contributed by atoms with Crippen LogP contribution in [0.5, 0.6) is 0 Å². The molecule has 1 rings (SSSR count). The lowest BCUT2D eigenvalue weighted by Crippen LogP contribution is -2.14. The lowest BCUT2D eigenvalue weighted by molar-refractivity contribution is 0.0883. The van der Waals surface area contributed by atoms with Crippen molar-refractivity contribution in [2.24, 2.45) is 0 Å². The first-order valence-corrected chi connectivity index (χ1v) is 5.95. The summed E-state index contributed by atoms with van der Waals surface area (Å²) in [5.74, 6) is 0. The minimum absolute atomic E-state index is 0.355. The SMILES string of the molecule is CCOCCC(O)Cc1ccc(CC)cn1. The van der Waals surface area contributed by atoms with Crippen molar-refractivity contribution in [2.75, 3.05) is 13.2 Å². The van der Waals surface area contributed by atoms with Crippen LogP contribution in [0.1, 0.15) is 31.5 Å². The molecule has 1 aromatic heterocycles. The summed E-state index contributed by atoms with van der Waals surface area (Å²) < 4.78 is 5.20. The highest BCUT2D eigenvalue weighted by Gasteiger charge is 2.06. The molecule has 3 heteroatoms. The van der Waals surface area contributed by atoms with Gasteiger partial charge in [0.15, 0.2) is 0 Å². The summed E-state index contributed by atoms with van der Waals surface area (Å²) in [4.78, 5) is 4.32. The molecule has 0 saturated heterocycles. The van der Waals surface area contributed by atoms with E-state index in [1.165, 1.54) is 5.56 Å². The first-order valence-electron chi connectivity index (χ1n) is 5.95. The summed E-state index contributed by atoms with van der Waals surface area (Å²) in [5.41, 5.74) is 2.17. The van der Waals surface area contributed by atoms with Crippen molar-refractivity contribution in [1.82, 2.24) is 4.98 Å². The highest BCUT2D eigenvalue weighted by molar-refractivity contribution is 5.14. The Morgan fingerprint density at radius 1 is 1.38 bits per heavy atom. The predicted octanol–water partition coefficient (Wildman–Crippen LogP) is 1.97. The second-order valence-corrected chi connectivity index (χ2v) is 3.85. The molecule has 0 amide bonds. The zero-order valence-electron chi connectivity index (χ0n) is 10.1. The fourth-order valence-corrected chi connectivity index (χ4v) is 1.49. The van der Waals surface area contributed by atoms with Gasteiger partial charge in [-0.3, -0.25) is 4.98 Å². The highest BCUT2D eigenvalue weighted by Crippen LogP contribution is 2.05. The molecule has 0 aromatic carbocycles. The zero-order chi connectivity index (χ0) is 11.8. The van der Waals surface area contributed by atoms with Crippen molar-refractivity contribution in [3.8, 4) is 0 Å². The molecule has 0 bridgehead atoms. The Morgan fingerprint density at radius 3 is 2.75 bits per heavy atom. The summed E-state index contributed by atoms with van der Waals surface area (Å²) in [6, 6.07) is 4.06. The van der Waals surface area contributed by atoms with Crippen LogP contribution in [0.4, 0.5) is 0 Å². The van der Waals surface area contributed by atoms with Gasteiger partial charge in [0, 0.05) is 31.5 Å². The van der Waals surface area contributed by atoms with E-state index in [0.717, 1.165) is 12.1 Å². The van der Waals surface area contributed by atoms with E-state index in [0.29, 0.717) is 26.1 Å². The van der Waals surface area contributed by atoms with Gasteiger partial charge in [0.25, 0.3) is 0 Å². The van der Waals surface area contributed by atoms with Crippen LogP contribution in [-0.4, -0.2) is 29.4 Å². The summed E-state index contributed by atoms with van der Waals surface area (Å²) in [6.07, 6.45) is 3.80. The first kappa shape index (κ1) is 13.1. The molecule has 90 valence electrons. The van der Waals surface area contributed by atoms with Gasteiger partial charge in [0.05, 0.1) is 6.10 Å². The van der Waals surface area contributed by atoms with E-state index >= 15 is 0 Å². The summed E-state index contributed by atoms with van der Waals surface area (Å²) >= 11 is 0. The van der Waals surface area contributed by atoms with E-state index in [4.69, 9.17) is 4.74 Å². The quantitative estimate of drug-likeness (QED) is 0.719. The summed E-state index contributed by atoms with van der Waals surface area (Å²) in [7, 11) is 0. The summed E-state index contributed by atoms with van der Waals surface area (Å²) in [5, 5.41) is 9.74. The van der Waals surface area contributed by atoms with Crippen molar-refractivity contribution in [2.45, 2.75) is 39.2 Å². The fraction of sp³-hybridized carbons (Fsp3) is 0.615. The van der Waals surface area contributed by atoms with E-state index in [9.17, 15) is 5.11 Å². The van der Waals surface area contributed by atoms with Crippen LogP contribution in [0, 0.1) is 0 Å². The Balaban J connectivity index is 2.34. The molecule has 1 heterocycles. The lowest BCUT2D eigenvalue weighted by Gasteiger charge is -2.10. The van der Waals surface area contributed by atoms with E-state index in [2.05, 4.69) is 18.0 Å². The molecule has 16 heavy (non-hydrogen) atoms. The number of hydrogen-bond acceptors (Lipinski definition) is 3. The lowest BCUT2D eigenvalue weighted by atomic mass is 10.1. The minimum atomic E-state index is -0.355. The Morgan fingerprint density at radius 2 is 2.19 bits per heavy atom. The standard InChI is InChI=1S/C13H21NO2/c1-3-11-5-6-12(14-10-11)9-13(15)7-8-16-4-2/h5-6,10,13,15H,3-4,7-9H2,1-2H3. The van der Waals surface area contributed by atoms with E-state index in [-0.39, 0.29) is 6.10 Å². The number of rotatable bonds is 7. The topological polar surface area (TPSA) is 42.4 Å². The molecule has 0 aliphatic rings. The van der Waals surface area contributed by atoms with Crippen LogP contribution < -0.4 is 0 Å². The fourth-order valence-electron chi connectivity index (χ4n) is 1.49. The zero-order valence-corrected chi connectivity index (χ0v) is 10.1. The minimum Gasteiger partial charge on any atom is -0.393 e.